The van der Waals surface area contributed by atoms with Crippen molar-refractivity contribution in [2.24, 2.45) is 17.6 Å². The predicted octanol–water partition coefficient (Wildman–Crippen LogP) is -0.747. The zero-order valence-electron chi connectivity index (χ0n) is 16.3. The van der Waals surface area contributed by atoms with Crippen molar-refractivity contribution in [3.8, 4) is 5.75 Å². The van der Waals surface area contributed by atoms with Gasteiger partial charge >= 0.3 is 0 Å². The van der Waals surface area contributed by atoms with Crippen LogP contribution >= 0.6 is 0 Å². The number of carbonyl (C=O) groups is 3. The first-order valence-electron chi connectivity index (χ1n) is 9.37. The summed E-state index contributed by atoms with van der Waals surface area (Å²) in [5, 5.41) is 54.4. The van der Waals surface area contributed by atoms with Crippen molar-refractivity contribution in [2.45, 2.75) is 31.0 Å². The molecule has 1 fully saturated rings. The first-order chi connectivity index (χ1) is 14.3. The van der Waals surface area contributed by atoms with Gasteiger partial charge in [-0.3, -0.25) is 14.4 Å². The van der Waals surface area contributed by atoms with Crippen LogP contribution in [-0.2, 0) is 20.0 Å². The number of hydrogen-bond donors (Lipinski definition) is 8. The van der Waals surface area contributed by atoms with Crippen molar-refractivity contribution < 1.29 is 39.9 Å². The molecule has 0 aliphatic heterocycles. The Morgan fingerprint density at radius 1 is 1.13 bits per heavy atom. The lowest BCUT2D eigenvalue weighted by atomic mass is 9.55. The number of primary amides is 1. The van der Waals surface area contributed by atoms with E-state index in [1.165, 1.54) is 13.0 Å². The van der Waals surface area contributed by atoms with E-state index in [0.29, 0.717) is 0 Å². The van der Waals surface area contributed by atoms with Crippen LogP contribution in [0.15, 0.2) is 23.0 Å². The van der Waals surface area contributed by atoms with Crippen molar-refractivity contribution in [2.75, 3.05) is 11.5 Å². The van der Waals surface area contributed by atoms with Gasteiger partial charge in [-0.1, -0.05) is 0 Å². The number of hydrogen-bond acceptors (Lipinski definition) is 10. The smallest absolute Gasteiger partial charge is 0.255 e. The van der Waals surface area contributed by atoms with Crippen LogP contribution in [0.3, 0.4) is 0 Å². The molecule has 1 amide bonds. The van der Waals surface area contributed by atoms with E-state index in [0.717, 1.165) is 0 Å². The Kier molecular flexibility index (Phi) is 4.00. The highest BCUT2D eigenvalue weighted by Crippen LogP contribution is 2.58. The molecule has 0 saturated heterocycles. The molecule has 11 nitrogen and oxygen atoms in total. The van der Waals surface area contributed by atoms with E-state index in [4.69, 9.17) is 17.2 Å². The van der Waals surface area contributed by atoms with E-state index in [-0.39, 0.29) is 28.9 Å². The monoisotopic (exact) mass is 431 g/mol. The van der Waals surface area contributed by atoms with Gasteiger partial charge in [0.25, 0.3) is 5.91 Å². The maximum Gasteiger partial charge on any atom is 0.255 e. The molecule has 0 heterocycles. The average molecular weight is 431 g/mol. The number of phenols is 1. The first-order valence-corrected chi connectivity index (χ1v) is 9.37. The Hall–Kier alpha value is -3.57. The lowest BCUT2D eigenvalue weighted by Gasteiger charge is -2.50. The molecule has 4 atom stereocenters. The van der Waals surface area contributed by atoms with E-state index in [1.807, 2.05) is 0 Å². The summed E-state index contributed by atoms with van der Waals surface area (Å²) in [7, 11) is 0. The van der Waals surface area contributed by atoms with Crippen molar-refractivity contribution in [1.29, 1.82) is 0 Å². The molecule has 0 unspecified atom stereocenters. The number of aliphatic hydroxyl groups excluding tert-OH is 2. The SMILES string of the molecule is C[C@@]1(O)c2c(N)cc(N)c(O)c2C(O)=C2C(=O)[C@]3(O)C(O)=C(C(N)=O)C(=O)C[C@@H]3C[C@@H]21. The molecule has 1 aromatic carbocycles. The quantitative estimate of drug-likeness (QED) is 0.120. The molecule has 31 heavy (non-hydrogen) atoms. The van der Waals surface area contributed by atoms with Crippen molar-refractivity contribution in [3.63, 3.8) is 0 Å². The maximum atomic E-state index is 13.4. The van der Waals surface area contributed by atoms with Gasteiger partial charge in [0.15, 0.2) is 11.4 Å². The Labute approximate surface area is 175 Å². The van der Waals surface area contributed by atoms with Crippen LogP contribution < -0.4 is 17.2 Å². The van der Waals surface area contributed by atoms with Gasteiger partial charge < -0.3 is 42.7 Å². The number of ketones is 2. The first kappa shape index (κ1) is 20.7. The number of fused-ring (bicyclic) bond motifs is 3. The standard InChI is InChI=1S/C20H21N3O8/c1-19(30)6-2-5-3-9(24)11(18(23)29)17(28)20(5,31)16(27)10(6)15(26)12-13(19)7(21)4-8(22)14(12)25/h4-6,25-26,28,30-31H,2-3,21-22H2,1H3,(H2,23,29)/t5-,6-,19-,20-/m0/s1. The normalized spacial score (nSPS) is 32.5. The molecule has 3 aliphatic carbocycles. The molecular formula is C20H21N3O8. The topological polar surface area (TPSA) is 230 Å². The molecule has 4 rings (SSSR count). The number of anilines is 2. The number of amides is 1. The van der Waals surface area contributed by atoms with E-state index in [2.05, 4.69) is 0 Å². The molecule has 11 heteroatoms. The van der Waals surface area contributed by atoms with Crippen LogP contribution in [0.4, 0.5) is 11.4 Å². The van der Waals surface area contributed by atoms with E-state index < -0.39 is 75.3 Å². The van der Waals surface area contributed by atoms with E-state index >= 15 is 0 Å². The highest BCUT2D eigenvalue weighted by Gasteiger charge is 2.63. The van der Waals surface area contributed by atoms with Crippen LogP contribution in [0.2, 0.25) is 0 Å². The van der Waals surface area contributed by atoms with Gasteiger partial charge in [-0.05, 0) is 19.4 Å². The van der Waals surface area contributed by atoms with E-state index in [1.54, 1.807) is 0 Å². The lowest BCUT2D eigenvalue weighted by molar-refractivity contribution is -0.152. The summed E-state index contributed by atoms with van der Waals surface area (Å²) >= 11 is 0. The Balaban J connectivity index is 2.05. The molecule has 3 aliphatic rings. The predicted molar refractivity (Wildman–Crippen MR) is 106 cm³/mol. The summed E-state index contributed by atoms with van der Waals surface area (Å²) in [4.78, 5) is 37.4. The van der Waals surface area contributed by atoms with Gasteiger partial charge in [0, 0.05) is 35.1 Å². The Morgan fingerprint density at radius 2 is 1.74 bits per heavy atom. The molecule has 11 N–H and O–H groups in total. The number of aromatic hydroxyl groups is 1. The molecule has 1 saturated carbocycles. The fourth-order valence-electron chi connectivity index (χ4n) is 5.14. The summed E-state index contributed by atoms with van der Waals surface area (Å²) in [5.41, 5.74) is 10.1. The lowest BCUT2D eigenvalue weighted by Crippen LogP contribution is -2.60. The second-order valence-corrected chi connectivity index (χ2v) is 8.36. The highest BCUT2D eigenvalue weighted by molar-refractivity contribution is 6.22. The van der Waals surface area contributed by atoms with Crippen LogP contribution in [0.1, 0.15) is 30.9 Å². The number of nitrogens with two attached hydrogens (primary N) is 3. The minimum absolute atomic E-state index is 0.0485. The number of nitrogen functional groups attached to an aromatic ring is 2. The average Bonchev–Trinajstić information content (AvgIpc) is 2.65. The molecule has 0 bridgehead atoms. The van der Waals surface area contributed by atoms with Gasteiger partial charge in [0.05, 0.1) is 16.9 Å². The van der Waals surface area contributed by atoms with Crippen LogP contribution in [-0.4, -0.2) is 48.6 Å². The highest BCUT2D eigenvalue weighted by atomic mass is 16.3. The van der Waals surface area contributed by atoms with E-state index in [9.17, 15) is 39.9 Å². The third-order valence-corrected chi connectivity index (χ3v) is 6.64. The molecule has 0 radical (unpaired) electrons. The molecular weight excluding hydrogens is 410 g/mol. The number of rotatable bonds is 1. The van der Waals surface area contributed by atoms with Crippen molar-refractivity contribution in [3.05, 3.63) is 34.1 Å². The summed E-state index contributed by atoms with van der Waals surface area (Å²) in [6.45, 7) is 1.31. The van der Waals surface area contributed by atoms with Gasteiger partial charge in [-0.15, -0.1) is 0 Å². The number of carbonyl (C=O) groups excluding carboxylic acids is 3. The minimum Gasteiger partial charge on any atom is -0.508 e. The number of Topliss-reactive ketones (excluding diaryl/α,β-unsaturated/α-hetero) is 2. The zero-order chi connectivity index (χ0) is 23.2. The summed E-state index contributed by atoms with van der Waals surface area (Å²) in [6.07, 6.45) is -0.735. The summed E-state index contributed by atoms with van der Waals surface area (Å²) in [6, 6.07) is 1.19. The van der Waals surface area contributed by atoms with Gasteiger partial charge in [0.2, 0.25) is 5.78 Å². The van der Waals surface area contributed by atoms with Crippen molar-refractivity contribution >= 4 is 34.6 Å². The molecule has 0 aromatic heterocycles. The third kappa shape index (κ3) is 2.32. The number of aliphatic hydroxyl groups is 4. The van der Waals surface area contributed by atoms with Gasteiger partial charge in [0.1, 0.15) is 22.8 Å². The van der Waals surface area contributed by atoms with Gasteiger partial charge in [-0.2, -0.15) is 0 Å². The molecule has 0 spiro atoms. The molecule has 1 aromatic rings. The molecule has 164 valence electrons. The Morgan fingerprint density at radius 3 is 2.32 bits per heavy atom. The van der Waals surface area contributed by atoms with Crippen LogP contribution in [0.25, 0.3) is 5.76 Å². The van der Waals surface area contributed by atoms with Crippen LogP contribution in [0.5, 0.6) is 5.75 Å². The number of benzene rings is 1. The second-order valence-electron chi connectivity index (χ2n) is 8.36. The van der Waals surface area contributed by atoms with Crippen molar-refractivity contribution in [1.82, 2.24) is 0 Å². The summed E-state index contributed by atoms with van der Waals surface area (Å²) < 4.78 is 0. The fraction of sp³-hybridized carbons (Fsp3) is 0.350. The van der Waals surface area contributed by atoms with Crippen LogP contribution in [0, 0.1) is 11.8 Å². The minimum atomic E-state index is -2.73. The fourth-order valence-corrected chi connectivity index (χ4v) is 5.14. The third-order valence-electron chi connectivity index (χ3n) is 6.64. The second kappa shape index (κ2) is 5.99. The zero-order valence-corrected chi connectivity index (χ0v) is 16.3. The Bertz CT molecular complexity index is 1170. The maximum absolute atomic E-state index is 13.4. The largest absolute Gasteiger partial charge is 0.508 e. The number of phenolic OH excluding ortho intramolecular Hbond substituents is 1. The summed E-state index contributed by atoms with van der Waals surface area (Å²) in [5.74, 6) is -8.40. The van der Waals surface area contributed by atoms with Gasteiger partial charge in [-0.25, -0.2) is 0 Å².